The second-order valence-electron chi connectivity index (χ2n) is 5.95. The lowest BCUT2D eigenvalue weighted by Crippen LogP contribution is -2.21. The predicted octanol–water partition coefficient (Wildman–Crippen LogP) is 3.53. The highest BCUT2D eigenvalue weighted by Gasteiger charge is 2.00. The Balaban J connectivity index is 1.40. The minimum absolute atomic E-state index is 0.198. The molecule has 28 heavy (non-hydrogen) atoms. The lowest BCUT2D eigenvalue weighted by molar-refractivity contribution is -0.117. The van der Waals surface area contributed by atoms with Crippen LogP contribution in [0.15, 0.2) is 82.0 Å². The summed E-state index contributed by atoms with van der Waals surface area (Å²) in [5, 5.41) is 5.61. The smallest absolute Gasteiger partial charge is 0.244 e. The predicted molar refractivity (Wildman–Crippen MR) is 106 cm³/mol. The van der Waals surface area contributed by atoms with Crippen molar-refractivity contribution in [3.05, 3.63) is 95.9 Å². The van der Waals surface area contributed by atoms with Gasteiger partial charge < -0.3 is 19.5 Å². The highest BCUT2D eigenvalue weighted by molar-refractivity contribution is 5.91. The molecule has 2 amide bonds. The molecule has 0 saturated carbocycles. The summed E-state index contributed by atoms with van der Waals surface area (Å²) in [6.45, 7) is 0.833. The number of furan rings is 2. The van der Waals surface area contributed by atoms with Crippen LogP contribution in [0.1, 0.15) is 22.6 Å². The van der Waals surface area contributed by atoms with E-state index in [4.69, 9.17) is 8.83 Å². The first-order valence-corrected chi connectivity index (χ1v) is 8.76. The number of carbonyl (C=O) groups is 2. The lowest BCUT2D eigenvalue weighted by atomic mass is 10.1. The normalized spacial score (nSPS) is 11.1. The number of rotatable bonds is 8. The number of hydrogen-bond acceptors (Lipinski definition) is 4. The molecule has 0 atom stereocenters. The van der Waals surface area contributed by atoms with Crippen LogP contribution in [-0.4, -0.2) is 11.8 Å². The van der Waals surface area contributed by atoms with Crippen molar-refractivity contribution in [1.29, 1.82) is 0 Å². The van der Waals surface area contributed by atoms with Crippen molar-refractivity contribution in [2.24, 2.45) is 0 Å². The zero-order chi connectivity index (χ0) is 19.6. The number of nitrogens with one attached hydrogen (secondary N) is 2. The lowest BCUT2D eigenvalue weighted by Gasteiger charge is -2.06. The van der Waals surface area contributed by atoms with E-state index in [1.54, 1.807) is 48.9 Å². The summed E-state index contributed by atoms with van der Waals surface area (Å²) in [7, 11) is 0. The Labute approximate surface area is 162 Å². The van der Waals surface area contributed by atoms with Crippen molar-refractivity contribution >= 4 is 24.0 Å². The van der Waals surface area contributed by atoms with E-state index in [0.717, 1.165) is 11.1 Å². The molecule has 3 aromatic rings. The van der Waals surface area contributed by atoms with E-state index in [9.17, 15) is 9.59 Å². The summed E-state index contributed by atoms with van der Waals surface area (Å²) in [5.74, 6) is 0.855. The van der Waals surface area contributed by atoms with Gasteiger partial charge in [0.05, 0.1) is 12.5 Å². The van der Waals surface area contributed by atoms with Crippen LogP contribution in [0.3, 0.4) is 0 Å². The Morgan fingerprint density at radius 3 is 1.50 bits per heavy atom. The highest BCUT2D eigenvalue weighted by Crippen LogP contribution is 2.06. The second-order valence-corrected chi connectivity index (χ2v) is 5.95. The molecule has 0 unspecified atom stereocenters. The third-order valence-corrected chi connectivity index (χ3v) is 3.84. The summed E-state index contributed by atoms with van der Waals surface area (Å²) in [6, 6.07) is 14.7. The molecule has 0 bridgehead atoms. The van der Waals surface area contributed by atoms with Gasteiger partial charge in [0.2, 0.25) is 11.8 Å². The molecule has 0 aliphatic carbocycles. The van der Waals surface area contributed by atoms with Gasteiger partial charge in [-0.1, -0.05) is 24.3 Å². The van der Waals surface area contributed by atoms with Crippen LogP contribution in [0.25, 0.3) is 12.2 Å². The molecule has 6 heteroatoms. The van der Waals surface area contributed by atoms with Gasteiger partial charge in [0.1, 0.15) is 11.5 Å². The maximum absolute atomic E-state index is 11.8. The van der Waals surface area contributed by atoms with Crippen molar-refractivity contribution in [3.63, 3.8) is 0 Å². The maximum Gasteiger partial charge on any atom is 0.244 e. The third-order valence-electron chi connectivity index (χ3n) is 3.84. The maximum atomic E-state index is 11.8. The molecule has 2 aromatic heterocycles. The van der Waals surface area contributed by atoms with Crippen molar-refractivity contribution < 1.29 is 18.4 Å². The van der Waals surface area contributed by atoms with Gasteiger partial charge in [0.15, 0.2) is 0 Å². The first kappa shape index (κ1) is 19.0. The number of benzene rings is 1. The van der Waals surface area contributed by atoms with Gasteiger partial charge in [0, 0.05) is 25.2 Å². The van der Waals surface area contributed by atoms with Crippen LogP contribution >= 0.6 is 0 Å². The number of hydrogen-bond donors (Lipinski definition) is 2. The molecule has 142 valence electrons. The van der Waals surface area contributed by atoms with Gasteiger partial charge >= 0.3 is 0 Å². The van der Waals surface area contributed by atoms with Gasteiger partial charge in [-0.3, -0.25) is 9.59 Å². The molecule has 0 spiro atoms. The second kappa shape index (κ2) is 9.78. The Hall–Kier alpha value is -3.80. The van der Waals surface area contributed by atoms with Crippen molar-refractivity contribution in [2.45, 2.75) is 13.1 Å². The minimum atomic E-state index is -0.198. The van der Waals surface area contributed by atoms with Gasteiger partial charge in [-0.25, -0.2) is 0 Å². The van der Waals surface area contributed by atoms with E-state index >= 15 is 0 Å². The summed E-state index contributed by atoms with van der Waals surface area (Å²) in [5.41, 5.74) is 1.93. The highest BCUT2D eigenvalue weighted by atomic mass is 16.3. The minimum Gasteiger partial charge on any atom is -0.465 e. The number of amides is 2. The van der Waals surface area contributed by atoms with E-state index in [1.165, 1.54) is 12.2 Å². The fraction of sp³-hybridized carbons (Fsp3) is 0.0909. The van der Waals surface area contributed by atoms with Crippen LogP contribution in [-0.2, 0) is 22.7 Å². The molecule has 0 fully saturated rings. The standard InChI is InChI=1S/C22H20N2O4/c25-21(11-9-19-3-1-13-27-19)23-15-17-5-7-18(8-6-17)16-24-22(26)12-10-20-4-2-14-28-20/h1-14H,15-16H2,(H,23,25)(H,24,26). The van der Waals surface area contributed by atoms with Crippen molar-refractivity contribution in [2.75, 3.05) is 0 Å². The van der Waals surface area contributed by atoms with E-state index in [0.29, 0.717) is 24.6 Å². The molecule has 6 nitrogen and oxygen atoms in total. The molecule has 2 heterocycles. The fourth-order valence-electron chi connectivity index (χ4n) is 2.36. The molecule has 1 aromatic carbocycles. The Kier molecular flexibility index (Phi) is 6.62. The molecule has 3 rings (SSSR count). The summed E-state index contributed by atoms with van der Waals surface area (Å²) >= 11 is 0. The average Bonchev–Trinajstić information content (AvgIpc) is 3.42. The van der Waals surface area contributed by atoms with E-state index < -0.39 is 0 Å². The monoisotopic (exact) mass is 376 g/mol. The van der Waals surface area contributed by atoms with Crippen LogP contribution in [0.4, 0.5) is 0 Å². The Morgan fingerprint density at radius 1 is 0.714 bits per heavy atom. The van der Waals surface area contributed by atoms with Gasteiger partial charge in [-0.2, -0.15) is 0 Å². The molecule has 0 radical (unpaired) electrons. The number of carbonyl (C=O) groups excluding carboxylic acids is 2. The Bertz CT molecular complexity index is 858. The van der Waals surface area contributed by atoms with Gasteiger partial charge in [-0.15, -0.1) is 0 Å². The zero-order valence-corrected chi connectivity index (χ0v) is 15.1. The molecular formula is C22H20N2O4. The quantitative estimate of drug-likeness (QED) is 0.589. The third kappa shape index (κ3) is 6.17. The average molecular weight is 376 g/mol. The SMILES string of the molecule is O=C(C=Cc1ccco1)NCc1ccc(CNC(=O)C=Cc2ccco2)cc1. The topological polar surface area (TPSA) is 84.5 Å². The summed E-state index contributed by atoms with van der Waals surface area (Å²) in [6.07, 6.45) is 9.19. The molecule has 0 aliphatic heterocycles. The first-order chi connectivity index (χ1) is 13.7. The summed E-state index contributed by atoms with van der Waals surface area (Å²) < 4.78 is 10.3. The van der Waals surface area contributed by atoms with Crippen LogP contribution in [0, 0.1) is 0 Å². The van der Waals surface area contributed by atoms with Crippen LogP contribution in [0.2, 0.25) is 0 Å². The molecular weight excluding hydrogens is 356 g/mol. The van der Waals surface area contributed by atoms with Crippen LogP contribution in [0.5, 0.6) is 0 Å². The fourth-order valence-corrected chi connectivity index (χ4v) is 2.36. The van der Waals surface area contributed by atoms with E-state index in [2.05, 4.69) is 10.6 Å². The Morgan fingerprint density at radius 2 is 1.14 bits per heavy atom. The van der Waals surface area contributed by atoms with E-state index in [-0.39, 0.29) is 11.8 Å². The van der Waals surface area contributed by atoms with Crippen LogP contribution < -0.4 is 10.6 Å². The zero-order valence-electron chi connectivity index (χ0n) is 15.1. The van der Waals surface area contributed by atoms with Gasteiger partial charge in [-0.05, 0) is 47.5 Å². The van der Waals surface area contributed by atoms with Crippen molar-refractivity contribution in [3.8, 4) is 0 Å². The summed E-state index contributed by atoms with van der Waals surface area (Å²) in [4.78, 5) is 23.6. The first-order valence-electron chi connectivity index (χ1n) is 8.76. The van der Waals surface area contributed by atoms with Gasteiger partial charge in [0.25, 0.3) is 0 Å². The molecule has 0 aliphatic rings. The van der Waals surface area contributed by atoms with E-state index in [1.807, 2.05) is 24.3 Å². The largest absolute Gasteiger partial charge is 0.465 e. The molecule has 0 saturated heterocycles. The van der Waals surface area contributed by atoms with Crippen molar-refractivity contribution in [1.82, 2.24) is 10.6 Å². The molecule has 2 N–H and O–H groups in total.